The van der Waals surface area contributed by atoms with E-state index in [2.05, 4.69) is 10.6 Å². The Morgan fingerprint density at radius 1 is 1.00 bits per heavy atom. The van der Waals surface area contributed by atoms with Crippen LogP contribution in [-0.2, 0) is 14.3 Å². The van der Waals surface area contributed by atoms with Gasteiger partial charge >= 0.3 is 5.97 Å². The van der Waals surface area contributed by atoms with Crippen LogP contribution >= 0.6 is 0 Å². The molecular weight excluding hydrogens is 332 g/mol. The lowest BCUT2D eigenvalue weighted by atomic mass is 10.1. The first-order chi connectivity index (χ1) is 12.5. The van der Waals surface area contributed by atoms with Crippen molar-refractivity contribution in [1.29, 1.82) is 0 Å². The first-order valence-electron chi connectivity index (χ1n) is 8.12. The third-order valence-electron chi connectivity index (χ3n) is 3.31. The van der Waals surface area contributed by atoms with Crippen LogP contribution < -0.4 is 10.6 Å². The Kier molecular flexibility index (Phi) is 6.68. The van der Waals surface area contributed by atoms with Gasteiger partial charge in [-0.25, -0.2) is 4.79 Å². The Morgan fingerprint density at radius 3 is 2.38 bits per heavy atom. The second-order valence-corrected chi connectivity index (χ2v) is 5.42. The smallest absolute Gasteiger partial charge is 0.330 e. The van der Waals surface area contributed by atoms with Crippen molar-refractivity contribution in [3.8, 4) is 0 Å². The minimum absolute atomic E-state index is 0.200. The largest absolute Gasteiger partial charge is 0.463 e. The molecule has 6 nitrogen and oxygen atoms in total. The highest BCUT2D eigenvalue weighted by molar-refractivity contribution is 6.05. The second kappa shape index (κ2) is 9.17. The molecule has 0 radical (unpaired) electrons. The molecule has 26 heavy (non-hydrogen) atoms. The average Bonchev–Trinajstić information content (AvgIpc) is 2.61. The fourth-order valence-electron chi connectivity index (χ4n) is 2.18. The molecule has 134 valence electrons. The lowest BCUT2D eigenvalue weighted by Gasteiger charge is -2.08. The van der Waals surface area contributed by atoms with E-state index in [1.807, 2.05) is 0 Å². The number of amides is 2. The van der Waals surface area contributed by atoms with Crippen LogP contribution in [0.15, 0.2) is 54.6 Å². The molecule has 2 amide bonds. The summed E-state index contributed by atoms with van der Waals surface area (Å²) >= 11 is 0. The summed E-state index contributed by atoms with van der Waals surface area (Å²) in [6.07, 6.45) is 2.99. The van der Waals surface area contributed by atoms with Gasteiger partial charge in [0.1, 0.15) is 0 Å². The van der Waals surface area contributed by atoms with E-state index in [1.165, 1.54) is 13.0 Å². The predicted molar refractivity (Wildman–Crippen MR) is 101 cm³/mol. The maximum absolute atomic E-state index is 12.3. The lowest BCUT2D eigenvalue weighted by Crippen LogP contribution is -2.13. The molecule has 6 heteroatoms. The standard InChI is InChI=1S/C20H20N2O4/c1-3-26-19(24)12-9-15-7-10-17(11-8-15)22-20(25)16-5-4-6-18(13-16)21-14(2)23/h4-13H,3H2,1-2H3,(H,21,23)(H,22,25)/b12-9+. The highest BCUT2D eigenvalue weighted by atomic mass is 16.5. The number of hydrogen-bond acceptors (Lipinski definition) is 4. The Labute approximate surface area is 151 Å². The van der Waals surface area contributed by atoms with E-state index >= 15 is 0 Å². The van der Waals surface area contributed by atoms with Crippen molar-refractivity contribution in [2.24, 2.45) is 0 Å². The maximum Gasteiger partial charge on any atom is 0.330 e. The molecule has 2 aromatic carbocycles. The van der Waals surface area contributed by atoms with Crippen LogP contribution in [0.3, 0.4) is 0 Å². The number of esters is 1. The second-order valence-electron chi connectivity index (χ2n) is 5.42. The SMILES string of the molecule is CCOC(=O)/C=C/c1ccc(NC(=O)c2cccc(NC(C)=O)c2)cc1. The lowest BCUT2D eigenvalue weighted by molar-refractivity contribution is -0.137. The topological polar surface area (TPSA) is 84.5 Å². The van der Waals surface area contributed by atoms with E-state index in [0.29, 0.717) is 23.5 Å². The monoisotopic (exact) mass is 352 g/mol. The summed E-state index contributed by atoms with van der Waals surface area (Å²) in [7, 11) is 0. The van der Waals surface area contributed by atoms with Gasteiger partial charge in [-0.15, -0.1) is 0 Å². The third-order valence-corrected chi connectivity index (χ3v) is 3.31. The van der Waals surface area contributed by atoms with E-state index in [9.17, 15) is 14.4 Å². The van der Waals surface area contributed by atoms with Crippen LogP contribution in [0.4, 0.5) is 11.4 Å². The molecule has 0 unspecified atom stereocenters. The van der Waals surface area contributed by atoms with E-state index in [0.717, 1.165) is 5.56 Å². The molecule has 2 N–H and O–H groups in total. The molecule has 0 heterocycles. The van der Waals surface area contributed by atoms with Gasteiger partial charge in [-0.3, -0.25) is 9.59 Å². The van der Waals surface area contributed by atoms with Gasteiger partial charge in [-0.2, -0.15) is 0 Å². The van der Waals surface area contributed by atoms with Gasteiger partial charge in [0.25, 0.3) is 5.91 Å². The van der Waals surface area contributed by atoms with E-state index in [1.54, 1.807) is 61.5 Å². The number of anilines is 2. The molecule has 0 aliphatic heterocycles. The summed E-state index contributed by atoms with van der Waals surface area (Å²) in [6, 6.07) is 13.7. The Morgan fingerprint density at radius 2 is 1.73 bits per heavy atom. The summed E-state index contributed by atoms with van der Waals surface area (Å²) in [4.78, 5) is 34.7. The number of rotatable bonds is 6. The molecule has 0 aromatic heterocycles. The van der Waals surface area contributed by atoms with Crippen molar-refractivity contribution in [1.82, 2.24) is 0 Å². The van der Waals surface area contributed by atoms with E-state index in [-0.39, 0.29) is 11.8 Å². The minimum atomic E-state index is -0.399. The van der Waals surface area contributed by atoms with Gasteiger partial charge in [-0.05, 0) is 48.9 Å². The number of hydrogen-bond donors (Lipinski definition) is 2. The molecule has 0 aliphatic carbocycles. The Balaban J connectivity index is 2.01. The normalized spacial score (nSPS) is 10.4. The number of benzene rings is 2. The zero-order valence-electron chi connectivity index (χ0n) is 14.6. The fraction of sp³-hybridized carbons (Fsp3) is 0.150. The van der Waals surface area contributed by atoms with Gasteiger partial charge in [-0.1, -0.05) is 18.2 Å². The zero-order chi connectivity index (χ0) is 18.9. The highest BCUT2D eigenvalue weighted by Crippen LogP contribution is 2.15. The highest BCUT2D eigenvalue weighted by Gasteiger charge is 2.07. The Bertz CT molecular complexity index is 826. The van der Waals surface area contributed by atoms with Gasteiger partial charge in [0, 0.05) is 29.9 Å². The number of nitrogens with one attached hydrogen (secondary N) is 2. The first kappa shape index (κ1) is 18.9. The number of carbonyl (C=O) groups is 3. The van der Waals surface area contributed by atoms with Crippen molar-refractivity contribution >= 4 is 35.2 Å². The van der Waals surface area contributed by atoms with Crippen molar-refractivity contribution < 1.29 is 19.1 Å². The summed E-state index contributed by atoms with van der Waals surface area (Å²) in [6.45, 7) is 3.48. The molecule has 2 rings (SSSR count). The van der Waals surface area contributed by atoms with E-state index in [4.69, 9.17) is 4.74 Å². The summed E-state index contributed by atoms with van der Waals surface area (Å²) in [5.74, 6) is -0.884. The van der Waals surface area contributed by atoms with Crippen LogP contribution in [0.1, 0.15) is 29.8 Å². The predicted octanol–water partition coefficient (Wildman–Crippen LogP) is 3.47. The van der Waals surface area contributed by atoms with Crippen LogP contribution in [0.2, 0.25) is 0 Å². The molecule has 0 bridgehead atoms. The van der Waals surface area contributed by atoms with Crippen molar-refractivity contribution in [2.75, 3.05) is 17.2 Å². The zero-order valence-corrected chi connectivity index (χ0v) is 14.6. The van der Waals surface area contributed by atoms with Crippen LogP contribution in [-0.4, -0.2) is 24.4 Å². The quantitative estimate of drug-likeness (QED) is 0.616. The molecular formula is C20H20N2O4. The first-order valence-corrected chi connectivity index (χ1v) is 8.12. The van der Waals surface area contributed by atoms with Crippen LogP contribution in [0.5, 0.6) is 0 Å². The molecule has 2 aromatic rings. The Hall–Kier alpha value is -3.41. The van der Waals surface area contributed by atoms with Crippen molar-refractivity contribution in [3.05, 3.63) is 65.7 Å². The summed E-state index contributed by atoms with van der Waals surface area (Å²) in [5.41, 5.74) is 2.42. The minimum Gasteiger partial charge on any atom is -0.463 e. The average molecular weight is 352 g/mol. The van der Waals surface area contributed by atoms with Gasteiger partial charge in [0.15, 0.2) is 0 Å². The van der Waals surface area contributed by atoms with Crippen LogP contribution in [0, 0.1) is 0 Å². The van der Waals surface area contributed by atoms with Gasteiger partial charge in [0.2, 0.25) is 5.91 Å². The van der Waals surface area contributed by atoms with Crippen LogP contribution in [0.25, 0.3) is 6.08 Å². The molecule has 0 aliphatic rings. The molecule has 0 saturated carbocycles. The molecule has 0 saturated heterocycles. The third kappa shape index (κ3) is 5.90. The fourth-order valence-corrected chi connectivity index (χ4v) is 2.18. The maximum atomic E-state index is 12.3. The van der Waals surface area contributed by atoms with Crippen molar-refractivity contribution in [3.63, 3.8) is 0 Å². The summed E-state index contributed by atoms with van der Waals surface area (Å²) < 4.78 is 4.81. The van der Waals surface area contributed by atoms with E-state index < -0.39 is 5.97 Å². The number of carbonyl (C=O) groups excluding carboxylic acids is 3. The number of ether oxygens (including phenoxy) is 1. The molecule has 0 atom stereocenters. The molecule has 0 spiro atoms. The molecule has 0 fully saturated rings. The van der Waals surface area contributed by atoms with Gasteiger partial charge < -0.3 is 15.4 Å². The van der Waals surface area contributed by atoms with Crippen molar-refractivity contribution in [2.45, 2.75) is 13.8 Å². The van der Waals surface area contributed by atoms with Gasteiger partial charge in [0.05, 0.1) is 6.61 Å². The summed E-state index contributed by atoms with van der Waals surface area (Å²) in [5, 5.41) is 5.42.